The van der Waals surface area contributed by atoms with E-state index in [1.165, 1.54) is 0 Å². The number of hydrogen-bond donors (Lipinski definition) is 1. The van der Waals surface area contributed by atoms with Crippen LogP contribution in [0.25, 0.3) is 11.3 Å². The first-order chi connectivity index (χ1) is 16.6. The van der Waals surface area contributed by atoms with Gasteiger partial charge in [-0.25, -0.2) is 13.1 Å². The normalized spacial score (nSPS) is 16.9. The van der Waals surface area contributed by atoms with Crippen LogP contribution in [0.5, 0.6) is 11.5 Å². The van der Waals surface area contributed by atoms with Gasteiger partial charge >= 0.3 is 0 Å². The largest absolute Gasteiger partial charge is 0.491 e. The molecule has 0 aliphatic carbocycles. The summed E-state index contributed by atoms with van der Waals surface area (Å²) in [6, 6.07) is 14.4. The number of sulfone groups is 1. The van der Waals surface area contributed by atoms with E-state index in [2.05, 4.69) is 21.2 Å². The molecule has 0 bridgehead atoms. The molecule has 0 radical (unpaired) electrons. The average Bonchev–Trinajstić information content (AvgIpc) is 3.37. The van der Waals surface area contributed by atoms with E-state index >= 15 is 0 Å². The number of aromatic nitrogens is 2. The van der Waals surface area contributed by atoms with Gasteiger partial charge in [-0.3, -0.25) is 4.79 Å². The van der Waals surface area contributed by atoms with Gasteiger partial charge in [-0.15, -0.1) is 0 Å². The summed E-state index contributed by atoms with van der Waals surface area (Å²) >= 11 is 3.36. The van der Waals surface area contributed by atoms with Crippen molar-refractivity contribution in [1.82, 2.24) is 9.78 Å². The number of amides is 1. The molecule has 1 amide bonds. The molecule has 4 rings (SSSR count). The van der Waals surface area contributed by atoms with Crippen molar-refractivity contribution in [3.8, 4) is 22.8 Å². The Morgan fingerprint density at radius 3 is 2.57 bits per heavy atom. The zero-order valence-electron chi connectivity index (χ0n) is 19.8. The van der Waals surface area contributed by atoms with Crippen molar-refractivity contribution in [3.05, 3.63) is 58.6 Å². The van der Waals surface area contributed by atoms with Gasteiger partial charge in [-0.2, -0.15) is 5.10 Å². The summed E-state index contributed by atoms with van der Waals surface area (Å²) in [5, 5.41) is 7.54. The summed E-state index contributed by atoms with van der Waals surface area (Å²) in [5.41, 5.74) is 2.44. The maximum absolute atomic E-state index is 12.7. The van der Waals surface area contributed by atoms with Crippen LogP contribution < -0.4 is 14.8 Å². The first-order valence-electron chi connectivity index (χ1n) is 11.4. The van der Waals surface area contributed by atoms with E-state index in [0.29, 0.717) is 23.7 Å². The Morgan fingerprint density at radius 1 is 1.20 bits per heavy atom. The third-order valence-corrected chi connectivity index (χ3v) is 7.85. The highest BCUT2D eigenvalue weighted by molar-refractivity contribution is 9.10. The second kappa shape index (κ2) is 10.4. The van der Waals surface area contributed by atoms with Crippen molar-refractivity contribution in [2.75, 3.05) is 23.4 Å². The number of nitrogens with zero attached hydrogens (tertiary/aromatic N) is 2. The van der Waals surface area contributed by atoms with Crippen LogP contribution in [-0.2, 0) is 14.6 Å². The number of ether oxygens (including phenoxy) is 2. The number of rotatable bonds is 8. The summed E-state index contributed by atoms with van der Waals surface area (Å²) in [4.78, 5) is 12.7. The fraction of sp³-hybridized carbons (Fsp3) is 0.360. The lowest BCUT2D eigenvalue weighted by Gasteiger charge is -2.14. The molecule has 8 nitrogen and oxygen atoms in total. The monoisotopic (exact) mass is 561 g/mol. The molecule has 1 N–H and O–H groups in total. The summed E-state index contributed by atoms with van der Waals surface area (Å²) in [6.07, 6.45) is 0.506. The van der Waals surface area contributed by atoms with Crippen molar-refractivity contribution >= 4 is 37.5 Å². The molecule has 1 saturated heterocycles. The van der Waals surface area contributed by atoms with Crippen LogP contribution in [0.2, 0.25) is 0 Å². The molecule has 35 heavy (non-hydrogen) atoms. The van der Waals surface area contributed by atoms with Crippen LogP contribution in [0, 0.1) is 6.92 Å². The molecule has 186 valence electrons. The van der Waals surface area contributed by atoms with Crippen molar-refractivity contribution in [1.29, 1.82) is 0 Å². The number of halogens is 1. The predicted octanol–water partition coefficient (Wildman–Crippen LogP) is 4.79. The minimum atomic E-state index is -3.14. The minimum absolute atomic E-state index is 0.00736. The van der Waals surface area contributed by atoms with E-state index in [0.717, 1.165) is 21.3 Å². The van der Waals surface area contributed by atoms with Gasteiger partial charge in [0.15, 0.2) is 16.4 Å². The number of benzene rings is 2. The van der Waals surface area contributed by atoms with Gasteiger partial charge < -0.3 is 14.8 Å². The predicted molar refractivity (Wildman–Crippen MR) is 139 cm³/mol. The van der Waals surface area contributed by atoms with Crippen molar-refractivity contribution in [3.63, 3.8) is 0 Å². The van der Waals surface area contributed by atoms with Crippen molar-refractivity contribution in [2.24, 2.45) is 0 Å². The zero-order valence-corrected chi connectivity index (χ0v) is 22.2. The minimum Gasteiger partial charge on any atom is -0.491 e. The molecule has 2 aromatic carbocycles. The lowest BCUT2D eigenvalue weighted by Crippen LogP contribution is -2.23. The fourth-order valence-electron chi connectivity index (χ4n) is 3.93. The molecule has 3 aromatic rings. The van der Waals surface area contributed by atoms with Gasteiger partial charge in [-0.1, -0.05) is 15.9 Å². The number of anilines is 1. The SMILES string of the molecule is Cc1cc(-c2cc(NC(=O)COc3ccc(Br)cc3)n(C3CCS(=O)(=O)C3)n2)ccc1OC(C)C. The Bertz CT molecular complexity index is 1320. The number of nitrogens with one attached hydrogen (secondary N) is 1. The molecule has 1 aliphatic heterocycles. The van der Waals surface area contributed by atoms with Gasteiger partial charge in [0.05, 0.1) is 29.3 Å². The van der Waals surface area contributed by atoms with Crippen molar-refractivity contribution in [2.45, 2.75) is 39.3 Å². The number of carbonyl (C=O) groups is 1. The number of carbonyl (C=O) groups excluding carboxylic acids is 1. The first-order valence-corrected chi connectivity index (χ1v) is 14.0. The molecule has 1 aromatic heterocycles. The Balaban J connectivity index is 1.57. The Hall–Kier alpha value is -2.85. The zero-order chi connectivity index (χ0) is 25.2. The second-order valence-electron chi connectivity index (χ2n) is 8.85. The van der Waals surface area contributed by atoms with E-state index in [1.54, 1.807) is 22.9 Å². The van der Waals surface area contributed by atoms with Crippen molar-refractivity contribution < 1.29 is 22.7 Å². The molecule has 1 fully saturated rings. The van der Waals surface area contributed by atoms with E-state index in [1.807, 2.05) is 51.1 Å². The molecule has 1 aliphatic rings. The molecule has 2 heterocycles. The lowest BCUT2D eigenvalue weighted by atomic mass is 10.1. The maximum Gasteiger partial charge on any atom is 0.263 e. The van der Waals surface area contributed by atoms with Gasteiger partial charge in [0.2, 0.25) is 0 Å². The van der Waals surface area contributed by atoms with Gasteiger partial charge in [-0.05, 0) is 75.2 Å². The van der Waals surface area contributed by atoms with Crippen LogP contribution in [-0.4, -0.2) is 48.3 Å². The van der Waals surface area contributed by atoms with Crippen LogP contribution in [0.4, 0.5) is 5.82 Å². The fourth-order valence-corrected chi connectivity index (χ4v) is 5.89. The smallest absolute Gasteiger partial charge is 0.263 e. The lowest BCUT2D eigenvalue weighted by molar-refractivity contribution is -0.118. The van der Waals surface area contributed by atoms with Gasteiger partial charge in [0.1, 0.15) is 17.3 Å². The van der Waals surface area contributed by atoms with E-state index in [-0.39, 0.29) is 36.2 Å². The molecule has 10 heteroatoms. The Morgan fingerprint density at radius 2 is 1.94 bits per heavy atom. The highest BCUT2D eigenvalue weighted by Gasteiger charge is 2.32. The molecular formula is C25H28BrN3O5S. The summed E-state index contributed by atoms with van der Waals surface area (Å²) in [6.45, 7) is 5.72. The van der Waals surface area contributed by atoms with Gasteiger partial charge in [0, 0.05) is 16.1 Å². The maximum atomic E-state index is 12.7. The summed E-state index contributed by atoms with van der Waals surface area (Å²) in [5.74, 6) is 1.53. The quantitative estimate of drug-likeness (QED) is 0.424. The molecule has 0 spiro atoms. The van der Waals surface area contributed by atoms with Crippen LogP contribution in [0.15, 0.2) is 53.0 Å². The second-order valence-corrected chi connectivity index (χ2v) is 12.0. The number of aryl methyl sites for hydroxylation is 1. The Kier molecular flexibility index (Phi) is 7.51. The third kappa shape index (κ3) is 6.43. The van der Waals surface area contributed by atoms with Crippen LogP contribution in [0.3, 0.4) is 0 Å². The van der Waals surface area contributed by atoms with Crippen LogP contribution >= 0.6 is 15.9 Å². The van der Waals surface area contributed by atoms with Gasteiger partial charge in [0.25, 0.3) is 5.91 Å². The molecular weight excluding hydrogens is 534 g/mol. The van der Waals surface area contributed by atoms with E-state index in [9.17, 15) is 13.2 Å². The first kappa shape index (κ1) is 25.2. The molecule has 0 saturated carbocycles. The highest BCUT2D eigenvalue weighted by Crippen LogP contribution is 2.32. The Labute approximate surface area is 213 Å². The third-order valence-electron chi connectivity index (χ3n) is 5.57. The summed E-state index contributed by atoms with van der Waals surface area (Å²) in [7, 11) is -3.14. The van der Waals surface area contributed by atoms with E-state index < -0.39 is 9.84 Å². The molecule has 1 unspecified atom stereocenters. The highest BCUT2D eigenvalue weighted by atomic mass is 79.9. The summed E-state index contributed by atoms with van der Waals surface area (Å²) < 4.78 is 38.2. The number of hydrogen-bond acceptors (Lipinski definition) is 6. The molecule has 1 atom stereocenters. The van der Waals surface area contributed by atoms with E-state index in [4.69, 9.17) is 14.6 Å². The van der Waals surface area contributed by atoms with Crippen LogP contribution in [0.1, 0.15) is 31.9 Å². The average molecular weight is 562 g/mol. The standard InChI is InChI=1S/C25H28BrN3O5S/c1-16(2)34-23-9-4-18(12-17(23)3)22-13-24(29(28-22)20-10-11-35(31,32)15-20)27-25(30)14-33-21-7-5-19(26)6-8-21/h4-9,12-13,16,20H,10-11,14-15H2,1-3H3,(H,27,30). The topological polar surface area (TPSA) is 99.5 Å².